The minimum Gasteiger partial charge on any atom is -1.00 e. The minimum atomic E-state index is -0.730. The molecule has 1 rings (SSSR count). The average Bonchev–Trinajstić information content (AvgIpc) is 2.44. The van der Waals surface area contributed by atoms with Crippen molar-refractivity contribution in [1.29, 1.82) is 0 Å². The van der Waals surface area contributed by atoms with Gasteiger partial charge >= 0.3 is 34.8 Å². The molecule has 0 aromatic carbocycles. The summed E-state index contributed by atoms with van der Waals surface area (Å²) in [4.78, 5) is 0. The van der Waals surface area contributed by atoms with Crippen molar-refractivity contribution in [2.45, 2.75) is 5.24 Å². The van der Waals surface area contributed by atoms with Gasteiger partial charge in [-0.3, -0.25) is 0 Å². The number of nitrogens with zero attached hydrogens (tertiary/aromatic N) is 1. The minimum absolute atomic E-state index is 0. The largest absolute Gasteiger partial charge is 1.00 e. The first kappa shape index (κ1) is 10.9. The van der Waals surface area contributed by atoms with E-state index in [2.05, 4.69) is 25.6 Å². The second-order valence-electron chi connectivity index (χ2n) is 1.18. The van der Waals surface area contributed by atoms with Crippen LogP contribution >= 0.6 is 37.7 Å². The maximum atomic E-state index is 4.82. The Morgan fingerprint density at radius 2 is 2.22 bits per heavy atom. The van der Waals surface area contributed by atoms with Gasteiger partial charge in [0.1, 0.15) is 0 Å². The molecule has 7 heteroatoms. The molecule has 0 amide bonds. The molecule has 1 aliphatic rings. The summed E-state index contributed by atoms with van der Waals surface area (Å²) >= 11 is 8.87. The second-order valence-corrected chi connectivity index (χ2v) is 3.15. The molecule has 0 spiro atoms. The molecule has 0 radical (unpaired) electrons. The van der Waals surface area contributed by atoms with Crippen LogP contribution in [0.2, 0.25) is 0 Å². The predicted octanol–water partition coefficient (Wildman–Crippen LogP) is -1.97. The van der Waals surface area contributed by atoms with Crippen molar-refractivity contribution in [3.8, 4) is 0 Å². The van der Waals surface area contributed by atoms with Crippen molar-refractivity contribution < 1.29 is 39.9 Å². The molecule has 1 heterocycles. The van der Waals surface area contributed by atoms with Crippen LogP contribution in [0.5, 0.6) is 0 Å². The van der Waals surface area contributed by atoms with Gasteiger partial charge in [0.2, 0.25) is 0 Å². The van der Waals surface area contributed by atoms with E-state index in [1.165, 1.54) is 22.9 Å². The van der Waals surface area contributed by atoms with E-state index in [9.17, 15) is 0 Å². The molecule has 9 heavy (non-hydrogen) atoms. The van der Waals surface area contributed by atoms with Gasteiger partial charge in [-0.05, 0) is 0 Å². The van der Waals surface area contributed by atoms with Crippen LogP contribution in [0.15, 0.2) is 0 Å². The van der Waals surface area contributed by atoms with E-state index in [-0.39, 0.29) is 31.0 Å². The van der Waals surface area contributed by atoms with Gasteiger partial charge in [-0.15, -0.1) is 3.71 Å². The smallest absolute Gasteiger partial charge is 1.00 e. The van der Waals surface area contributed by atoms with Gasteiger partial charge < -0.3 is 6.16 Å². The molecule has 1 atom stereocenters. The van der Waals surface area contributed by atoms with Gasteiger partial charge in [0.25, 0.3) is 0 Å². The van der Waals surface area contributed by atoms with Crippen LogP contribution in [0.25, 0.3) is 0 Å². The van der Waals surface area contributed by atoms with Crippen molar-refractivity contribution in [2.75, 3.05) is 7.11 Å². The Balaban J connectivity index is 0. The number of hydrogen-bond acceptors (Lipinski definition) is 6. The molecule has 0 bridgehead atoms. The van der Waals surface area contributed by atoms with Crippen LogP contribution in [-0.2, 0) is 8.92 Å². The van der Waals surface area contributed by atoms with Crippen LogP contribution in [0.3, 0.4) is 0 Å². The van der Waals surface area contributed by atoms with Crippen LogP contribution < -0.4 is 29.6 Å². The molecule has 1 aliphatic heterocycles. The molecule has 3 nitrogen and oxygen atoms in total. The normalized spacial score (nSPS) is 32.0. The fraction of sp³-hybridized carbons (Fsp3) is 1.00. The van der Waals surface area contributed by atoms with Crippen molar-refractivity contribution in [2.24, 2.45) is 0 Å². The number of ether oxygens (including phenoxy) is 1. The van der Waals surface area contributed by atoms with Gasteiger partial charge in [0, 0.05) is 7.11 Å². The monoisotopic (exact) mass is 195 g/mol. The first-order chi connectivity index (χ1) is 3.71. The van der Waals surface area contributed by atoms with E-state index in [0.29, 0.717) is 0 Å². The molecule has 0 saturated carbocycles. The summed E-state index contributed by atoms with van der Waals surface area (Å²) in [5.74, 6) is 0. The Hall–Kier alpha value is 1.93. The fourth-order valence-corrected chi connectivity index (χ4v) is 1.16. The summed E-state index contributed by atoms with van der Waals surface area (Å²) in [6.45, 7) is 0. The van der Waals surface area contributed by atoms with Crippen LogP contribution in [0, 0.1) is 0 Å². The van der Waals surface area contributed by atoms with Gasteiger partial charge in [-0.1, -0.05) is 25.6 Å². The number of hydrogen-bond donors (Lipinski definition) is 2. The van der Waals surface area contributed by atoms with E-state index in [0.717, 1.165) is 0 Å². The summed E-state index contributed by atoms with van der Waals surface area (Å²) < 4.78 is 10.9. The Labute approximate surface area is 92.9 Å². The Bertz CT molecular complexity index is 103. The SMILES string of the molecule is COC1(N(S)S)OS1.[H-].[Na+]. The first-order valence-corrected chi connectivity index (χ1v) is 3.35. The molecule has 50 valence electrons. The van der Waals surface area contributed by atoms with Crippen molar-refractivity contribution >= 4 is 37.7 Å². The molecular formula is C2H6NNaO2S3. The van der Waals surface area contributed by atoms with E-state index in [1.54, 1.807) is 0 Å². The topological polar surface area (TPSA) is 25.0 Å². The summed E-state index contributed by atoms with van der Waals surface area (Å²) in [6, 6.07) is 0. The van der Waals surface area contributed by atoms with Crippen LogP contribution in [0.4, 0.5) is 0 Å². The molecule has 0 N–H and O–H groups in total. The zero-order chi connectivity index (χ0) is 6.20. The van der Waals surface area contributed by atoms with Crippen molar-refractivity contribution in [1.82, 2.24) is 3.71 Å². The number of thiol groups is 2. The van der Waals surface area contributed by atoms with E-state index < -0.39 is 5.24 Å². The van der Waals surface area contributed by atoms with Crippen LogP contribution in [-0.4, -0.2) is 16.1 Å². The summed E-state index contributed by atoms with van der Waals surface area (Å²) in [6.07, 6.45) is 0. The molecule has 1 saturated heterocycles. The third kappa shape index (κ3) is 2.46. The Kier molecular flexibility index (Phi) is 4.96. The molecule has 1 fully saturated rings. The van der Waals surface area contributed by atoms with Gasteiger partial charge in [-0.2, -0.15) is 0 Å². The van der Waals surface area contributed by atoms with Crippen molar-refractivity contribution in [3.63, 3.8) is 0 Å². The molecule has 1 unspecified atom stereocenters. The summed E-state index contributed by atoms with van der Waals surface area (Å²) in [7, 11) is 1.53. The fourth-order valence-electron chi connectivity index (χ4n) is 0.252. The standard InChI is InChI=1S/C2H5NO2S3.Na.H/c1-4-2(3(6)7)5-8-2;;/h6-7H,1H3;;/q;+1;-1. The van der Waals surface area contributed by atoms with E-state index in [1.807, 2.05) is 0 Å². The third-order valence-electron chi connectivity index (χ3n) is 0.729. The van der Waals surface area contributed by atoms with E-state index in [4.69, 9.17) is 8.92 Å². The zero-order valence-electron chi connectivity index (χ0n) is 6.07. The van der Waals surface area contributed by atoms with Gasteiger partial charge in [-0.25, -0.2) is 4.18 Å². The maximum absolute atomic E-state index is 4.82. The Morgan fingerprint density at radius 3 is 2.22 bits per heavy atom. The van der Waals surface area contributed by atoms with Crippen molar-refractivity contribution in [3.05, 3.63) is 0 Å². The molecule has 0 aromatic rings. The van der Waals surface area contributed by atoms with E-state index >= 15 is 0 Å². The van der Waals surface area contributed by atoms with Gasteiger partial charge in [0.15, 0.2) is 0 Å². The second kappa shape index (κ2) is 4.08. The molecule has 0 aromatic heterocycles. The number of rotatable bonds is 2. The summed E-state index contributed by atoms with van der Waals surface area (Å²) in [5.41, 5.74) is 0. The molecule has 0 aliphatic carbocycles. The number of methoxy groups -OCH3 is 1. The predicted molar refractivity (Wildman–Crippen MR) is 39.3 cm³/mol. The Morgan fingerprint density at radius 1 is 1.78 bits per heavy atom. The van der Waals surface area contributed by atoms with Gasteiger partial charge in [0.05, 0.1) is 12.0 Å². The average molecular weight is 195 g/mol. The maximum Gasteiger partial charge on any atom is 1.00 e. The summed E-state index contributed by atoms with van der Waals surface area (Å²) in [5, 5.41) is -0.730. The third-order valence-corrected chi connectivity index (χ3v) is 2.33. The first-order valence-electron chi connectivity index (χ1n) is 1.81. The zero-order valence-corrected chi connectivity index (χ0v) is 9.67. The quantitative estimate of drug-likeness (QED) is 0.176. The van der Waals surface area contributed by atoms with Crippen LogP contribution in [0.1, 0.15) is 1.43 Å². The molecular weight excluding hydrogens is 189 g/mol.